The fourth-order valence-electron chi connectivity index (χ4n) is 3.63. The highest BCUT2D eigenvalue weighted by Crippen LogP contribution is 2.19. The van der Waals surface area contributed by atoms with Crippen LogP contribution in [0.3, 0.4) is 0 Å². The molecule has 0 bridgehead atoms. The molecule has 3 amide bonds. The maximum absolute atomic E-state index is 13.2. The van der Waals surface area contributed by atoms with Crippen LogP contribution in [0.25, 0.3) is 10.9 Å². The average molecular weight is 522 g/mol. The first kappa shape index (κ1) is 29.1. The molecule has 198 valence electrons. The summed E-state index contributed by atoms with van der Waals surface area (Å²) in [5, 5.41) is 27.3. The zero-order valence-electron chi connectivity index (χ0n) is 20.6. The normalized spacial score (nSPS) is 14.6. The summed E-state index contributed by atoms with van der Waals surface area (Å²) in [7, 11) is 0. The Labute approximate surface area is 214 Å². The molecular weight excluding hydrogens is 486 g/mol. The van der Waals surface area contributed by atoms with E-state index in [2.05, 4.69) is 20.9 Å². The lowest BCUT2D eigenvalue weighted by molar-refractivity contribution is -0.142. The van der Waals surface area contributed by atoms with E-state index in [1.165, 1.54) is 11.8 Å². The number of rotatable bonds is 14. The van der Waals surface area contributed by atoms with E-state index in [1.54, 1.807) is 20.0 Å². The number of para-hydroxylation sites is 1. The third-order valence-electron chi connectivity index (χ3n) is 5.74. The molecule has 36 heavy (non-hydrogen) atoms. The summed E-state index contributed by atoms with van der Waals surface area (Å²) < 4.78 is 0. The fourth-order valence-corrected chi connectivity index (χ4v) is 4.11. The number of carbonyl (C=O) groups excluding carboxylic acids is 3. The fraction of sp³-hybridized carbons (Fsp3) is 0.500. The Bertz CT molecular complexity index is 1060. The highest BCUT2D eigenvalue weighted by atomic mass is 32.2. The van der Waals surface area contributed by atoms with Gasteiger partial charge in [-0.2, -0.15) is 11.8 Å². The molecule has 0 aliphatic rings. The molecule has 12 heteroatoms. The minimum atomic E-state index is -1.20. The number of hydrogen-bond donors (Lipinski definition) is 7. The molecule has 2 rings (SSSR count). The van der Waals surface area contributed by atoms with Gasteiger partial charge in [-0.05, 0) is 36.0 Å². The zero-order chi connectivity index (χ0) is 26.8. The zero-order valence-corrected chi connectivity index (χ0v) is 21.4. The number of nitrogens with one attached hydrogen (secondary N) is 4. The second kappa shape index (κ2) is 13.9. The summed E-state index contributed by atoms with van der Waals surface area (Å²) in [5.74, 6) is -2.97. The van der Waals surface area contributed by atoms with Gasteiger partial charge in [0.15, 0.2) is 0 Å². The molecule has 0 saturated carbocycles. The number of benzene rings is 1. The van der Waals surface area contributed by atoms with Crippen LogP contribution in [0.15, 0.2) is 30.5 Å². The Morgan fingerprint density at radius 3 is 2.31 bits per heavy atom. The first-order chi connectivity index (χ1) is 17.1. The quantitative estimate of drug-likeness (QED) is 0.181. The SMILES string of the molecule is CSCCC(NC(=O)C(Cc1c[nH]c2ccccc12)NC(=O)C(NC(=O)C(N)CO)C(C)C)C(=O)O. The van der Waals surface area contributed by atoms with Crippen LogP contribution >= 0.6 is 11.8 Å². The number of thioether (sulfide) groups is 1. The van der Waals surface area contributed by atoms with Crippen LogP contribution in [0.1, 0.15) is 25.8 Å². The van der Waals surface area contributed by atoms with E-state index in [-0.39, 0.29) is 18.8 Å². The van der Waals surface area contributed by atoms with E-state index in [0.717, 1.165) is 16.5 Å². The second-order valence-electron chi connectivity index (χ2n) is 8.83. The van der Waals surface area contributed by atoms with Crippen LogP contribution in [-0.4, -0.2) is 81.7 Å². The number of carbonyl (C=O) groups is 4. The van der Waals surface area contributed by atoms with E-state index < -0.39 is 54.5 Å². The molecule has 1 aromatic heterocycles. The lowest BCUT2D eigenvalue weighted by atomic mass is 10.00. The molecule has 8 N–H and O–H groups in total. The van der Waals surface area contributed by atoms with E-state index in [4.69, 9.17) is 10.8 Å². The molecule has 2 aromatic rings. The van der Waals surface area contributed by atoms with Crippen molar-refractivity contribution in [1.29, 1.82) is 0 Å². The number of carboxylic acids is 1. The number of fused-ring (bicyclic) bond motifs is 1. The van der Waals surface area contributed by atoms with Crippen molar-refractivity contribution >= 4 is 46.4 Å². The molecule has 0 radical (unpaired) electrons. The predicted molar refractivity (Wildman–Crippen MR) is 138 cm³/mol. The van der Waals surface area contributed by atoms with Gasteiger partial charge in [-0.1, -0.05) is 32.0 Å². The maximum Gasteiger partial charge on any atom is 0.326 e. The minimum absolute atomic E-state index is 0.0887. The Morgan fingerprint density at radius 2 is 1.69 bits per heavy atom. The third-order valence-corrected chi connectivity index (χ3v) is 6.38. The minimum Gasteiger partial charge on any atom is -0.480 e. The highest BCUT2D eigenvalue weighted by molar-refractivity contribution is 7.98. The average Bonchev–Trinajstić information content (AvgIpc) is 3.26. The largest absolute Gasteiger partial charge is 0.480 e. The van der Waals surface area contributed by atoms with Crippen LogP contribution in [0.5, 0.6) is 0 Å². The molecule has 0 saturated heterocycles. The van der Waals surface area contributed by atoms with Gasteiger partial charge in [0.25, 0.3) is 0 Å². The Morgan fingerprint density at radius 1 is 1.03 bits per heavy atom. The smallest absolute Gasteiger partial charge is 0.326 e. The molecule has 4 atom stereocenters. The number of aliphatic hydroxyl groups is 1. The van der Waals surface area contributed by atoms with Gasteiger partial charge in [-0.25, -0.2) is 4.79 Å². The number of aromatic amines is 1. The van der Waals surface area contributed by atoms with E-state index >= 15 is 0 Å². The number of H-pyrrole nitrogens is 1. The van der Waals surface area contributed by atoms with E-state index in [1.807, 2.05) is 30.5 Å². The predicted octanol–water partition coefficient (Wildman–Crippen LogP) is -0.0219. The number of carboxylic acid groups (broad SMARTS) is 1. The second-order valence-corrected chi connectivity index (χ2v) is 9.81. The van der Waals surface area contributed by atoms with Crippen LogP contribution in [-0.2, 0) is 25.6 Å². The summed E-state index contributed by atoms with van der Waals surface area (Å²) in [4.78, 5) is 53.5. The summed E-state index contributed by atoms with van der Waals surface area (Å²) in [5.41, 5.74) is 7.17. The molecule has 0 fully saturated rings. The van der Waals surface area contributed by atoms with Crippen molar-refractivity contribution in [3.8, 4) is 0 Å². The van der Waals surface area contributed by atoms with Gasteiger partial charge < -0.3 is 36.9 Å². The number of hydrogen-bond acceptors (Lipinski definition) is 7. The summed E-state index contributed by atoms with van der Waals surface area (Å²) >= 11 is 1.46. The number of nitrogens with two attached hydrogens (primary N) is 1. The molecule has 0 aliphatic carbocycles. The molecule has 4 unspecified atom stereocenters. The summed E-state index contributed by atoms with van der Waals surface area (Å²) in [6, 6.07) is 3.02. The highest BCUT2D eigenvalue weighted by Gasteiger charge is 2.32. The van der Waals surface area contributed by atoms with Gasteiger partial charge in [0.05, 0.1) is 6.61 Å². The summed E-state index contributed by atoms with van der Waals surface area (Å²) in [6.45, 7) is 2.84. The monoisotopic (exact) mass is 521 g/mol. The van der Waals surface area contributed by atoms with E-state index in [9.17, 15) is 24.3 Å². The van der Waals surface area contributed by atoms with Crippen molar-refractivity contribution in [2.75, 3.05) is 18.6 Å². The van der Waals surface area contributed by atoms with Crippen LogP contribution in [0, 0.1) is 5.92 Å². The number of aliphatic hydroxyl groups excluding tert-OH is 1. The van der Waals surface area contributed by atoms with Crippen molar-refractivity contribution in [3.63, 3.8) is 0 Å². The van der Waals surface area contributed by atoms with Gasteiger partial charge in [0.2, 0.25) is 17.7 Å². The Kier molecular flexibility index (Phi) is 11.2. The van der Waals surface area contributed by atoms with Crippen LogP contribution in [0.2, 0.25) is 0 Å². The van der Waals surface area contributed by atoms with Gasteiger partial charge in [0, 0.05) is 23.5 Å². The van der Waals surface area contributed by atoms with E-state index in [0.29, 0.717) is 5.75 Å². The molecule has 0 spiro atoms. The van der Waals surface area contributed by atoms with Crippen molar-refractivity contribution in [1.82, 2.24) is 20.9 Å². The molecule has 0 aliphatic heterocycles. The topological polar surface area (TPSA) is 187 Å². The molecule has 11 nitrogen and oxygen atoms in total. The van der Waals surface area contributed by atoms with Crippen molar-refractivity contribution in [2.45, 2.75) is 50.9 Å². The Balaban J connectivity index is 2.30. The van der Waals surface area contributed by atoms with Crippen molar-refractivity contribution in [3.05, 3.63) is 36.0 Å². The van der Waals surface area contributed by atoms with Crippen molar-refractivity contribution < 1.29 is 29.4 Å². The molecule has 1 heterocycles. The first-order valence-electron chi connectivity index (χ1n) is 11.6. The van der Waals surface area contributed by atoms with Crippen LogP contribution in [0.4, 0.5) is 0 Å². The lowest BCUT2D eigenvalue weighted by Gasteiger charge is -2.27. The standard InChI is InChI=1S/C24H35N5O6S/c1-13(2)20(29-21(31)16(25)12-30)23(33)28-19(22(32)27-18(24(34)35)8-9-36-3)10-14-11-26-17-7-5-4-6-15(14)17/h4-7,11,13,16,18-20,26,30H,8-10,12,25H2,1-3H3,(H,27,32)(H,28,33)(H,29,31)(H,34,35). The molecular formula is C24H35N5O6S. The molecule has 1 aromatic carbocycles. The Hall–Kier alpha value is -3.09. The lowest BCUT2D eigenvalue weighted by Crippen LogP contribution is -2.59. The number of aromatic nitrogens is 1. The summed E-state index contributed by atoms with van der Waals surface area (Å²) in [6.07, 6.45) is 3.89. The number of aliphatic carboxylic acids is 1. The van der Waals surface area contributed by atoms with Gasteiger partial charge in [-0.3, -0.25) is 14.4 Å². The van der Waals surface area contributed by atoms with Gasteiger partial charge in [0.1, 0.15) is 24.2 Å². The maximum atomic E-state index is 13.2. The first-order valence-corrected chi connectivity index (χ1v) is 13.0. The van der Waals surface area contributed by atoms with Crippen molar-refractivity contribution in [2.24, 2.45) is 11.7 Å². The third kappa shape index (κ3) is 7.97. The van der Waals surface area contributed by atoms with Gasteiger partial charge >= 0.3 is 5.97 Å². The van der Waals surface area contributed by atoms with Crippen LogP contribution < -0.4 is 21.7 Å². The number of amides is 3. The van der Waals surface area contributed by atoms with Gasteiger partial charge in [-0.15, -0.1) is 0 Å².